The predicted octanol–water partition coefficient (Wildman–Crippen LogP) is 3.66. The van der Waals surface area contributed by atoms with E-state index in [9.17, 15) is 9.90 Å². The molecule has 0 aliphatic heterocycles. The van der Waals surface area contributed by atoms with Crippen molar-refractivity contribution < 1.29 is 9.90 Å². The lowest BCUT2D eigenvalue weighted by Gasteiger charge is -2.27. The molecule has 3 rings (SSSR count). The standard InChI is InChI=1S/C23H22N2O2/c1-18(17-19-11-5-2-6-12-19)24-25-22(26)23(27,20-13-7-3-8-14-20)21-15-9-4-10-16-21/h2-16,27H,17H2,1H3,(H,25,26). The van der Waals surface area contributed by atoms with Crippen molar-refractivity contribution in [3.8, 4) is 0 Å². The number of carbonyl (C=O) groups excluding carboxylic acids is 1. The quantitative estimate of drug-likeness (QED) is 0.522. The number of nitrogens with one attached hydrogen (secondary N) is 1. The van der Waals surface area contributed by atoms with Gasteiger partial charge in [0, 0.05) is 12.1 Å². The molecule has 1 amide bonds. The Morgan fingerprint density at radius 3 is 1.78 bits per heavy atom. The van der Waals surface area contributed by atoms with Crippen LogP contribution in [0.3, 0.4) is 0 Å². The maximum Gasteiger partial charge on any atom is 0.281 e. The average molecular weight is 358 g/mol. The number of hydrogen-bond donors (Lipinski definition) is 2. The van der Waals surface area contributed by atoms with Crippen molar-refractivity contribution in [2.45, 2.75) is 18.9 Å². The lowest BCUT2D eigenvalue weighted by molar-refractivity contribution is -0.136. The number of carbonyl (C=O) groups is 1. The lowest BCUT2D eigenvalue weighted by Crippen LogP contribution is -2.43. The Bertz CT molecular complexity index is 867. The van der Waals surface area contributed by atoms with Crippen LogP contribution >= 0.6 is 0 Å². The molecular weight excluding hydrogens is 336 g/mol. The molecule has 0 aliphatic rings. The van der Waals surface area contributed by atoms with Gasteiger partial charge in [-0.1, -0.05) is 91.0 Å². The van der Waals surface area contributed by atoms with Gasteiger partial charge in [-0.15, -0.1) is 0 Å². The summed E-state index contributed by atoms with van der Waals surface area (Å²) in [6.07, 6.45) is 0.621. The Kier molecular flexibility index (Phi) is 5.79. The van der Waals surface area contributed by atoms with Gasteiger partial charge in [0.25, 0.3) is 5.91 Å². The minimum atomic E-state index is -1.82. The fraction of sp³-hybridized carbons (Fsp3) is 0.130. The molecule has 3 aromatic rings. The SMILES string of the molecule is CC(Cc1ccccc1)=NNC(=O)C(O)(c1ccccc1)c1ccccc1. The molecule has 4 heteroatoms. The highest BCUT2D eigenvalue weighted by molar-refractivity contribution is 5.92. The van der Waals surface area contributed by atoms with Crippen LogP contribution in [0.2, 0.25) is 0 Å². The number of benzene rings is 3. The summed E-state index contributed by atoms with van der Waals surface area (Å²) in [7, 11) is 0. The number of rotatable bonds is 6. The number of hydrazone groups is 1. The molecule has 0 heterocycles. The molecule has 0 fully saturated rings. The van der Waals surface area contributed by atoms with Crippen LogP contribution in [0.25, 0.3) is 0 Å². The van der Waals surface area contributed by atoms with Gasteiger partial charge in [0.05, 0.1) is 0 Å². The van der Waals surface area contributed by atoms with Gasteiger partial charge in [-0.3, -0.25) is 4.79 Å². The van der Waals surface area contributed by atoms with E-state index < -0.39 is 11.5 Å². The molecule has 0 atom stereocenters. The zero-order valence-electron chi connectivity index (χ0n) is 15.2. The molecule has 27 heavy (non-hydrogen) atoms. The molecule has 3 aromatic carbocycles. The van der Waals surface area contributed by atoms with E-state index in [2.05, 4.69) is 10.5 Å². The van der Waals surface area contributed by atoms with Crippen molar-refractivity contribution in [2.24, 2.45) is 5.10 Å². The normalized spacial score (nSPS) is 11.9. The van der Waals surface area contributed by atoms with Crippen molar-refractivity contribution >= 4 is 11.6 Å². The van der Waals surface area contributed by atoms with Gasteiger partial charge in [0.15, 0.2) is 5.60 Å². The van der Waals surface area contributed by atoms with Crippen molar-refractivity contribution in [3.63, 3.8) is 0 Å². The fourth-order valence-corrected chi connectivity index (χ4v) is 2.95. The maximum absolute atomic E-state index is 13.0. The summed E-state index contributed by atoms with van der Waals surface area (Å²) >= 11 is 0. The Morgan fingerprint density at radius 2 is 1.30 bits per heavy atom. The third-order valence-electron chi connectivity index (χ3n) is 4.36. The summed E-state index contributed by atoms with van der Waals surface area (Å²) in [5.41, 5.74) is 3.55. The second kappa shape index (κ2) is 8.43. The van der Waals surface area contributed by atoms with Crippen LogP contribution in [-0.4, -0.2) is 16.7 Å². The number of amides is 1. The monoisotopic (exact) mass is 358 g/mol. The minimum Gasteiger partial charge on any atom is -0.372 e. The molecule has 2 N–H and O–H groups in total. The van der Waals surface area contributed by atoms with Crippen molar-refractivity contribution in [1.29, 1.82) is 0 Å². The van der Waals surface area contributed by atoms with Gasteiger partial charge in [-0.25, -0.2) is 5.43 Å². The van der Waals surface area contributed by atoms with E-state index in [1.54, 1.807) is 48.5 Å². The summed E-state index contributed by atoms with van der Waals surface area (Å²) in [6, 6.07) is 27.7. The highest BCUT2D eigenvalue weighted by Gasteiger charge is 2.39. The molecule has 0 saturated carbocycles. The highest BCUT2D eigenvalue weighted by atomic mass is 16.3. The lowest BCUT2D eigenvalue weighted by atomic mass is 9.85. The van der Waals surface area contributed by atoms with Crippen molar-refractivity contribution in [2.75, 3.05) is 0 Å². The van der Waals surface area contributed by atoms with Crippen LogP contribution in [0.4, 0.5) is 0 Å². The smallest absolute Gasteiger partial charge is 0.281 e. The number of aliphatic hydroxyl groups is 1. The Morgan fingerprint density at radius 1 is 0.852 bits per heavy atom. The zero-order valence-corrected chi connectivity index (χ0v) is 15.2. The van der Waals surface area contributed by atoms with Gasteiger partial charge >= 0.3 is 0 Å². The molecule has 0 aliphatic carbocycles. The van der Waals surface area contributed by atoms with E-state index in [1.165, 1.54) is 0 Å². The van der Waals surface area contributed by atoms with Crippen LogP contribution in [0.5, 0.6) is 0 Å². The van der Waals surface area contributed by atoms with Gasteiger partial charge in [-0.05, 0) is 23.6 Å². The van der Waals surface area contributed by atoms with E-state index >= 15 is 0 Å². The largest absolute Gasteiger partial charge is 0.372 e. The van der Waals surface area contributed by atoms with E-state index in [0.717, 1.165) is 11.3 Å². The second-order valence-corrected chi connectivity index (χ2v) is 6.39. The molecule has 0 radical (unpaired) electrons. The Hall–Kier alpha value is -3.24. The molecule has 0 unspecified atom stereocenters. The molecular formula is C23H22N2O2. The molecule has 136 valence electrons. The van der Waals surface area contributed by atoms with Gasteiger partial charge in [-0.2, -0.15) is 5.10 Å². The van der Waals surface area contributed by atoms with Crippen LogP contribution in [0.15, 0.2) is 96.1 Å². The van der Waals surface area contributed by atoms with Crippen LogP contribution < -0.4 is 5.43 Å². The summed E-state index contributed by atoms with van der Waals surface area (Å²) in [4.78, 5) is 13.0. The maximum atomic E-state index is 13.0. The van der Waals surface area contributed by atoms with Crippen molar-refractivity contribution in [1.82, 2.24) is 5.43 Å². The highest BCUT2D eigenvalue weighted by Crippen LogP contribution is 2.29. The molecule has 0 spiro atoms. The third kappa shape index (κ3) is 4.30. The van der Waals surface area contributed by atoms with Crippen LogP contribution in [0.1, 0.15) is 23.6 Å². The minimum absolute atomic E-state index is 0.490. The first-order valence-corrected chi connectivity index (χ1v) is 8.81. The zero-order chi connectivity index (χ0) is 19.1. The van der Waals surface area contributed by atoms with E-state index in [1.807, 2.05) is 49.4 Å². The Balaban J connectivity index is 1.85. The topological polar surface area (TPSA) is 61.7 Å². The first-order chi connectivity index (χ1) is 13.1. The van der Waals surface area contributed by atoms with E-state index in [-0.39, 0.29) is 0 Å². The molecule has 0 bridgehead atoms. The molecule has 0 aromatic heterocycles. The first-order valence-electron chi connectivity index (χ1n) is 8.81. The van der Waals surface area contributed by atoms with Crippen LogP contribution in [-0.2, 0) is 16.8 Å². The average Bonchev–Trinajstić information content (AvgIpc) is 2.73. The third-order valence-corrected chi connectivity index (χ3v) is 4.36. The number of hydrogen-bond acceptors (Lipinski definition) is 3. The first kappa shape index (κ1) is 18.5. The molecule has 0 saturated heterocycles. The molecule has 4 nitrogen and oxygen atoms in total. The van der Waals surface area contributed by atoms with Crippen molar-refractivity contribution in [3.05, 3.63) is 108 Å². The Labute approximate surface area is 159 Å². The summed E-state index contributed by atoms with van der Waals surface area (Å²) < 4.78 is 0. The van der Waals surface area contributed by atoms with Gasteiger partial charge < -0.3 is 5.11 Å². The van der Waals surface area contributed by atoms with E-state index in [0.29, 0.717) is 17.5 Å². The van der Waals surface area contributed by atoms with Crippen LogP contribution in [0, 0.1) is 0 Å². The fourth-order valence-electron chi connectivity index (χ4n) is 2.95. The summed E-state index contributed by atoms with van der Waals surface area (Å²) in [5.74, 6) is -0.590. The van der Waals surface area contributed by atoms with E-state index in [4.69, 9.17) is 0 Å². The second-order valence-electron chi connectivity index (χ2n) is 6.39. The van der Waals surface area contributed by atoms with Gasteiger partial charge in [0.2, 0.25) is 0 Å². The summed E-state index contributed by atoms with van der Waals surface area (Å²) in [6.45, 7) is 1.84. The summed E-state index contributed by atoms with van der Waals surface area (Å²) in [5, 5.41) is 15.5. The van der Waals surface area contributed by atoms with Gasteiger partial charge in [0.1, 0.15) is 0 Å². The predicted molar refractivity (Wildman–Crippen MR) is 107 cm³/mol. The number of nitrogens with zero attached hydrogens (tertiary/aromatic N) is 1.